The number of aromatic nitrogens is 1. The highest BCUT2D eigenvalue weighted by molar-refractivity contribution is 14.0. The summed E-state index contributed by atoms with van der Waals surface area (Å²) in [6.45, 7) is 12.1. The van der Waals surface area contributed by atoms with Crippen LogP contribution < -0.4 is 15.4 Å². The summed E-state index contributed by atoms with van der Waals surface area (Å²) in [6, 6.07) is 8.18. The van der Waals surface area contributed by atoms with Gasteiger partial charge in [-0.2, -0.15) is 0 Å². The van der Waals surface area contributed by atoms with Crippen molar-refractivity contribution in [3.63, 3.8) is 0 Å². The summed E-state index contributed by atoms with van der Waals surface area (Å²) in [6.07, 6.45) is 0.995. The summed E-state index contributed by atoms with van der Waals surface area (Å²) in [4.78, 5) is 4.68. The van der Waals surface area contributed by atoms with Crippen LogP contribution in [0.15, 0.2) is 33.8 Å². The number of guanidine groups is 1. The van der Waals surface area contributed by atoms with Crippen LogP contribution in [0, 0.1) is 6.92 Å². The molecule has 0 bridgehead atoms. The first-order chi connectivity index (χ1) is 12.5. The fourth-order valence-corrected chi connectivity index (χ4v) is 2.44. The number of hydrogen-bond acceptors (Lipinski definition) is 4. The number of hydrogen-bond donors (Lipinski definition) is 2. The predicted molar refractivity (Wildman–Crippen MR) is 120 cm³/mol. The van der Waals surface area contributed by atoms with E-state index in [-0.39, 0.29) is 30.1 Å². The van der Waals surface area contributed by atoms with Crippen molar-refractivity contribution in [2.45, 2.75) is 60.2 Å². The molecular formula is C20H31IN4O2. The van der Waals surface area contributed by atoms with Gasteiger partial charge in [0.15, 0.2) is 11.7 Å². The molecule has 1 heterocycles. The molecule has 150 valence electrons. The molecule has 27 heavy (non-hydrogen) atoms. The largest absolute Gasteiger partial charge is 0.491 e. The minimum atomic E-state index is 0. The molecule has 2 rings (SSSR count). The van der Waals surface area contributed by atoms with Crippen molar-refractivity contribution in [1.82, 2.24) is 15.8 Å². The molecule has 6 nitrogen and oxygen atoms in total. The number of benzene rings is 1. The fourth-order valence-electron chi connectivity index (χ4n) is 2.44. The van der Waals surface area contributed by atoms with Crippen LogP contribution in [-0.2, 0) is 19.5 Å². The van der Waals surface area contributed by atoms with Gasteiger partial charge in [0, 0.05) is 18.2 Å². The molecule has 0 amide bonds. The quantitative estimate of drug-likeness (QED) is 0.333. The standard InChI is InChI=1S/C20H30N4O2.HI/c1-6-17-11-18(26-24-17)13-23-20(21-7-2)22-12-16-9-8-15(5)10-19(16)25-14(3)4;/h8-11,14H,6-7,12-13H2,1-5H3,(H2,21,22,23);1H. The molecule has 2 N–H and O–H groups in total. The monoisotopic (exact) mass is 486 g/mol. The summed E-state index contributed by atoms with van der Waals surface area (Å²) in [5.41, 5.74) is 3.20. The third-order valence-electron chi connectivity index (χ3n) is 3.74. The molecule has 0 atom stereocenters. The number of nitrogens with zero attached hydrogens (tertiary/aromatic N) is 2. The Morgan fingerprint density at radius 1 is 1.22 bits per heavy atom. The average Bonchev–Trinajstić information content (AvgIpc) is 3.06. The van der Waals surface area contributed by atoms with E-state index in [1.807, 2.05) is 26.8 Å². The van der Waals surface area contributed by atoms with Gasteiger partial charge in [-0.15, -0.1) is 24.0 Å². The molecule has 0 saturated carbocycles. The minimum Gasteiger partial charge on any atom is -0.491 e. The van der Waals surface area contributed by atoms with Crippen LogP contribution >= 0.6 is 24.0 Å². The lowest BCUT2D eigenvalue weighted by molar-refractivity contribution is 0.240. The maximum absolute atomic E-state index is 5.93. The molecule has 1 aromatic heterocycles. The molecule has 0 fully saturated rings. The zero-order valence-electron chi connectivity index (χ0n) is 16.8. The maximum Gasteiger partial charge on any atom is 0.191 e. The molecule has 7 heteroatoms. The lowest BCUT2D eigenvalue weighted by Gasteiger charge is -2.15. The van der Waals surface area contributed by atoms with E-state index in [2.05, 4.69) is 52.8 Å². The second-order valence-electron chi connectivity index (χ2n) is 6.46. The van der Waals surface area contributed by atoms with Crippen molar-refractivity contribution < 1.29 is 9.26 Å². The molecule has 0 aliphatic heterocycles. The van der Waals surface area contributed by atoms with Crippen molar-refractivity contribution >= 4 is 29.9 Å². The van der Waals surface area contributed by atoms with Gasteiger partial charge < -0.3 is 19.9 Å². The Labute approximate surface area is 179 Å². The average molecular weight is 486 g/mol. The van der Waals surface area contributed by atoms with E-state index in [1.165, 1.54) is 5.56 Å². The van der Waals surface area contributed by atoms with E-state index in [0.717, 1.165) is 41.7 Å². The van der Waals surface area contributed by atoms with Gasteiger partial charge in [-0.1, -0.05) is 24.2 Å². The van der Waals surface area contributed by atoms with Crippen LogP contribution in [0.3, 0.4) is 0 Å². The second-order valence-corrected chi connectivity index (χ2v) is 6.46. The molecule has 0 aliphatic rings. The third-order valence-corrected chi connectivity index (χ3v) is 3.74. The van der Waals surface area contributed by atoms with Gasteiger partial charge in [-0.25, -0.2) is 4.99 Å². The highest BCUT2D eigenvalue weighted by Gasteiger charge is 2.08. The Morgan fingerprint density at radius 3 is 2.63 bits per heavy atom. The van der Waals surface area contributed by atoms with Crippen LogP contribution in [0.4, 0.5) is 0 Å². The van der Waals surface area contributed by atoms with Crippen molar-refractivity contribution in [2.24, 2.45) is 4.99 Å². The first-order valence-corrected chi connectivity index (χ1v) is 9.24. The van der Waals surface area contributed by atoms with Crippen LogP contribution in [0.25, 0.3) is 0 Å². The number of halogens is 1. The van der Waals surface area contributed by atoms with E-state index in [0.29, 0.717) is 13.1 Å². The topological polar surface area (TPSA) is 71.7 Å². The van der Waals surface area contributed by atoms with Gasteiger partial charge in [0.05, 0.1) is 24.9 Å². The van der Waals surface area contributed by atoms with E-state index >= 15 is 0 Å². The highest BCUT2D eigenvalue weighted by atomic mass is 127. The SMILES string of the molecule is CCNC(=NCc1ccc(C)cc1OC(C)C)NCc1cc(CC)no1.I. The van der Waals surface area contributed by atoms with Gasteiger partial charge in [0.25, 0.3) is 0 Å². The molecule has 0 saturated heterocycles. The highest BCUT2D eigenvalue weighted by Crippen LogP contribution is 2.22. The van der Waals surface area contributed by atoms with Gasteiger partial charge >= 0.3 is 0 Å². The number of aryl methyl sites for hydroxylation is 2. The van der Waals surface area contributed by atoms with E-state index < -0.39 is 0 Å². The summed E-state index contributed by atoms with van der Waals surface area (Å²) >= 11 is 0. The van der Waals surface area contributed by atoms with Gasteiger partial charge in [-0.05, 0) is 45.7 Å². The zero-order valence-corrected chi connectivity index (χ0v) is 19.2. The Bertz CT molecular complexity index is 729. The summed E-state index contributed by atoms with van der Waals surface area (Å²) in [7, 11) is 0. The molecule has 0 unspecified atom stereocenters. The lowest BCUT2D eigenvalue weighted by atomic mass is 10.1. The minimum absolute atomic E-state index is 0. The van der Waals surface area contributed by atoms with E-state index in [1.54, 1.807) is 0 Å². The van der Waals surface area contributed by atoms with Crippen LogP contribution in [0.1, 0.15) is 50.3 Å². The maximum atomic E-state index is 5.93. The van der Waals surface area contributed by atoms with E-state index in [9.17, 15) is 0 Å². The number of rotatable bonds is 8. The van der Waals surface area contributed by atoms with Crippen LogP contribution in [0.2, 0.25) is 0 Å². The smallest absolute Gasteiger partial charge is 0.191 e. The lowest BCUT2D eigenvalue weighted by Crippen LogP contribution is -2.36. The number of aliphatic imine (C=N–C) groups is 1. The summed E-state index contributed by atoms with van der Waals surface area (Å²) < 4.78 is 11.2. The van der Waals surface area contributed by atoms with Gasteiger partial charge in [0.1, 0.15) is 5.75 Å². The molecule has 0 spiro atoms. The molecule has 1 aromatic carbocycles. The normalized spacial score (nSPS) is 11.3. The van der Waals surface area contributed by atoms with E-state index in [4.69, 9.17) is 9.26 Å². The first-order valence-electron chi connectivity index (χ1n) is 9.24. The van der Waals surface area contributed by atoms with Gasteiger partial charge in [0.2, 0.25) is 0 Å². The van der Waals surface area contributed by atoms with Gasteiger partial charge in [-0.3, -0.25) is 0 Å². The Morgan fingerprint density at radius 2 is 2.00 bits per heavy atom. The second kappa shape index (κ2) is 11.8. The Hall–Kier alpha value is -1.77. The zero-order chi connectivity index (χ0) is 18.9. The summed E-state index contributed by atoms with van der Waals surface area (Å²) in [5, 5.41) is 10.5. The van der Waals surface area contributed by atoms with Crippen molar-refractivity contribution in [3.8, 4) is 5.75 Å². The predicted octanol–water partition coefficient (Wildman–Crippen LogP) is 4.21. The molecule has 2 aromatic rings. The first kappa shape index (κ1) is 23.3. The fraction of sp³-hybridized carbons (Fsp3) is 0.500. The molecule has 0 aliphatic carbocycles. The third kappa shape index (κ3) is 7.78. The van der Waals surface area contributed by atoms with Crippen molar-refractivity contribution in [1.29, 1.82) is 0 Å². The number of ether oxygens (including phenoxy) is 1. The van der Waals surface area contributed by atoms with Crippen molar-refractivity contribution in [2.75, 3.05) is 6.54 Å². The molecule has 0 radical (unpaired) electrons. The molecular weight excluding hydrogens is 455 g/mol. The summed E-state index contributed by atoms with van der Waals surface area (Å²) in [5.74, 6) is 2.42. The Balaban J connectivity index is 0.00000364. The van der Waals surface area contributed by atoms with Crippen molar-refractivity contribution in [3.05, 3.63) is 46.8 Å². The van der Waals surface area contributed by atoms with Crippen LogP contribution in [0.5, 0.6) is 5.75 Å². The van der Waals surface area contributed by atoms with Crippen LogP contribution in [-0.4, -0.2) is 23.8 Å². The Kier molecular flexibility index (Phi) is 10.2. The number of nitrogens with one attached hydrogen (secondary N) is 2.